The highest BCUT2D eigenvalue weighted by atomic mass is 35.5. The Hall–Kier alpha value is -0.780. The summed E-state index contributed by atoms with van der Waals surface area (Å²) in [5.74, 6) is -1.74. The summed E-state index contributed by atoms with van der Waals surface area (Å²) in [4.78, 5) is 15.3. The van der Waals surface area contributed by atoms with Gasteiger partial charge in [-0.2, -0.15) is 4.39 Å². The summed E-state index contributed by atoms with van der Waals surface area (Å²) in [7, 11) is 1.13. The number of hydrogen-bond acceptors (Lipinski definition) is 3. The third-order valence-corrected chi connectivity index (χ3v) is 5.00. The van der Waals surface area contributed by atoms with Crippen molar-refractivity contribution in [2.24, 2.45) is 0 Å². The van der Waals surface area contributed by atoms with Crippen LogP contribution in [0.2, 0.25) is 25.1 Å². The van der Waals surface area contributed by atoms with Crippen LogP contribution in [-0.2, 0) is 4.74 Å². The number of pyridine rings is 1. The van der Waals surface area contributed by atoms with E-state index in [1.165, 1.54) is 6.07 Å². The maximum absolute atomic E-state index is 13.3. The molecule has 0 saturated heterocycles. The van der Waals surface area contributed by atoms with Crippen LogP contribution in [0.15, 0.2) is 12.1 Å². The van der Waals surface area contributed by atoms with Crippen LogP contribution in [0.4, 0.5) is 4.39 Å². The van der Waals surface area contributed by atoms with E-state index in [9.17, 15) is 9.18 Å². The van der Waals surface area contributed by atoms with Crippen LogP contribution in [0.1, 0.15) is 10.5 Å². The van der Waals surface area contributed by atoms with Crippen LogP contribution in [0.5, 0.6) is 0 Å². The Morgan fingerprint density at radius 2 is 1.50 bits per heavy atom. The molecule has 116 valence electrons. The molecule has 9 heteroatoms. The second-order valence-corrected chi connectivity index (χ2v) is 5.86. The van der Waals surface area contributed by atoms with Gasteiger partial charge in [-0.1, -0.05) is 58.0 Å². The van der Waals surface area contributed by atoms with Crippen molar-refractivity contribution in [3.05, 3.63) is 48.9 Å². The molecule has 0 amide bonds. The summed E-state index contributed by atoms with van der Waals surface area (Å²) >= 11 is 30.2. The van der Waals surface area contributed by atoms with Crippen LogP contribution >= 0.6 is 58.0 Å². The summed E-state index contributed by atoms with van der Waals surface area (Å²) in [6.07, 6.45) is 0. The largest absolute Gasteiger partial charge is 0.464 e. The number of esters is 1. The molecular weight excluding hydrogens is 398 g/mol. The highest BCUT2D eigenvalue weighted by Gasteiger charge is 2.25. The van der Waals surface area contributed by atoms with E-state index >= 15 is 0 Å². The van der Waals surface area contributed by atoms with Gasteiger partial charge < -0.3 is 4.74 Å². The molecule has 0 atom stereocenters. The second-order valence-electron chi connectivity index (χ2n) is 3.97. The fraction of sp³-hybridized carbons (Fsp3) is 0.0769. The molecule has 3 nitrogen and oxygen atoms in total. The number of rotatable bonds is 2. The summed E-state index contributed by atoms with van der Waals surface area (Å²) in [5.41, 5.74) is -0.0971. The zero-order valence-corrected chi connectivity index (χ0v) is 14.5. The highest BCUT2D eigenvalue weighted by molar-refractivity contribution is 6.56. The van der Waals surface area contributed by atoms with Crippen molar-refractivity contribution in [2.75, 3.05) is 7.11 Å². The van der Waals surface area contributed by atoms with Gasteiger partial charge in [0.25, 0.3) is 0 Å². The fourth-order valence-corrected chi connectivity index (χ4v) is 3.07. The van der Waals surface area contributed by atoms with Gasteiger partial charge in [0, 0.05) is 11.1 Å². The molecule has 0 aliphatic heterocycles. The lowest BCUT2D eigenvalue weighted by molar-refractivity contribution is 0.0593. The first-order valence-electron chi connectivity index (χ1n) is 5.56. The van der Waals surface area contributed by atoms with E-state index in [0.29, 0.717) is 0 Å². The van der Waals surface area contributed by atoms with Crippen LogP contribution in [-0.4, -0.2) is 18.1 Å². The average molecular weight is 403 g/mol. The predicted molar refractivity (Wildman–Crippen MR) is 86.0 cm³/mol. The van der Waals surface area contributed by atoms with Gasteiger partial charge in [-0.3, -0.25) is 0 Å². The van der Waals surface area contributed by atoms with Crippen LogP contribution in [0, 0.1) is 5.95 Å². The fourth-order valence-electron chi connectivity index (χ4n) is 1.73. The Labute approximate surface area is 149 Å². The monoisotopic (exact) mass is 401 g/mol. The van der Waals surface area contributed by atoms with Gasteiger partial charge in [0.2, 0.25) is 5.95 Å². The van der Waals surface area contributed by atoms with Gasteiger partial charge in [-0.25, -0.2) is 9.78 Å². The third-order valence-electron chi connectivity index (χ3n) is 2.72. The Morgan fingerprint density at radius 1 is 1.00 bits per heavy atom. The summed E-state index contributed by atoms with van der Waals surface area (Å²) in [5, 5.41) is -0.211. The lowest BCUT2D eigenvalue weighted by Crippen LogP contribution is -2.08. The van der Waals surface area contributed by atoms with E-state index < -0.39 is 11.9 Å². The van der Waals surface area contributed by atoms with Crippen molar-refractivity contribution in [1.82, 2.24) is 4.98 Å². The number of carbonyl (C=O) groups excluding carboxylic acids is 1. The Bertz CT molecular complexity index is 753. The maximum Gasteiger partial charge on any atom is 0.357 e. The van der Waals surface area contributed by atoms with Gasteiger partial charge in [0.1, 0.15) is 0 Å². The van der Waals surface area contributed by atoms with Gasteiger partial charge in [0.05, 0.1) is 32.2 Å². The molecule has 0 aliphatic carbocycles. The number of halogens is 6. The van der Waals surface area contributed by atoms with Crippen LogP contribution in [0.3, 0.4) is 0 Å². The van der Waals surface area contributed by atoms with Gasteiger partial charge in [0.15, 0.2) is 5.69 Å². The molecular formula is C13H5Cl5FNO2. The van der Waals surface area contributed by atoms with E-state index in [4.69, 9.17) is 58.0 Å². The van der Waals surface area contributed by atoms with Crippen LogP contribution in [0.25, 0.3) is 11.1 Å². The second kappa shape index (κ2) is 6.77. The van der Waals surface area contributed by atoms with Crippen molar-refractivity contribution in [3.63, 3.8) is 0 Å². The zero-order chi connectivity index (χ0) is 16.6. The van der Waals surface area contributed by atoms with Crippen molar-refractivity contribution >= 4 is 64.0 Å². The summed E-state index contributed by atoms with van der Waals surface area (Å²) < 4.78 is 17.9. The molecule has 2 aromatic rings. The molecule has 0 bridgehead atoms. The minimum Gasteiger partial charge on any atom is -0.464 e. The van der Waals surface area contributed by atoms with E-state index in [1.54, 1.807) is 0 Å². The number of benzene rings is 1. The number of carbonyl (C=O) groups is 1. The quantitative estimate of drug-likeness (QED) is 0.270. The molecule has 0 radical (unpaired) electrons. The molecule has 1 heterocycles. The Balaban J connectivity index is 2.86. The van der Waals surface area contributed by atoms with Gasteiger partial charge >= 0.3 is 5.97 Å². The van der Waals surface area contributed by atoms with Crippen molar-refractivity contribution in [2.45, 2.75) is 0 Å². The first-order valence-corrected chi connectivity index (χ1v) is 7.45. The van der Waals surface area contributed by atoms with Crippen molar-refractivity contribution in [3.8, 4) is 11.1 Å². The van der Waals surface area contributed by atoms with E-state index in [2.05, 4.69) is 9.72 Å². The molecule has 1 aromatic carbocycles. The lowest BCUT2D eigenvalue weighted by Gasteiger charge is -2.14. The number of aromatic nitrogens is 1. The first kappa shape index (κ1) is 17.6. The van der Waals surface area contributed by atoms with Gasteiger partial charge in [-0.05, 0) is 12.1 Å². The SMILES string of the molecule is COC(=O)c1nc(F)ccc1-c1c(Cl)c(Cl)c(Cl)c(Cl)c1Cl. The highest BCUT2D eigenvalue weighted by Crippen LogP contribution is 2.48. The minimum atomic E-state index is -0.873. The minimum absolute atomic E-state index is 0.0308. The van der Waals surface area contributed by atoms with Crippen molar-refractivity contribution < 1.29 is 13.9 Å². The van der Waals surface area contributed by atoms with E-state index in [0.717, 1.165) is 13.2 Å². The number of methoxy groups -OCH3 is 1. The summed E-state index contributed by atoms with van der Waals surface area (Å²) in [6.45, 7) is 0. The lowest BCUT2D eigenvalue weighted by atomic mass is 10.0. The zero-order valence-electron chi connectivity index (χ0n) is 10.7. The third kappa shape index (κ3) is 2.99. The average Bonchev–Trinajstić information content (AvgIpc) is 2.51. The molecule has 1 aromatic heterocycles. The Morgan fingerprint density at radius 3 is 2.00 bits per heavy atom. The maximum atomic E-state index is 13.3. The molecule has 0 unspecified atom stereocenters. The predicted octanol–water partition coefficient (Wildman–Crippen LogP) is 5.94. The smallest absolute Gasteiger partial charge is 0.357 e. The van der Waals surface area contributed by atoms with Crippen LogP contribution < -0.4 is 0 Å². The van der Waals surface area contributed by atoms with E-state index in [-0.39, 0.29) is 41.9 Å². The number of hydrogen-bond donors (Lipinski definition) is 0. The molecule has 0 fully saturated rings. The van der Waals surface area contributed by atoms with E-state index in [1.807, 2.05) is 0 Å². The molecule has 0 saturated carbocycles. The normalized spacial score (nSPS) is 10.7. The molecule has 0 aliphatic rings. The summed E-state index contributed by atoms with van der Waals surface area (Å²) in [6, 6.07) is 2.30. The van der Waals surface area contributed by atoms with Crippen molar-refractivity contribution in [1.29, 1.82) is 0 Å². The van der Waals surface area contributed by atoms with Gasteiger partial charge in [-0.15, -0.1) is 0 Å². The topological polar surface area (TPSA) is 39.2 Å². The molecule has 22 heavy (non-hydrogen) atoms. The standard InChI is InChI=1S/C13H5Cl5FNO2/c1-22-13(21)12-4(2-3-5(19)20-12)6-7(14)9(16)11(18)10(17)8(6)15/h2-3H,1H3. The number of ether oxygens (including phenoxy) is 1. The molecule has 0 N–H and O–H groups in total. The first-order chi connectivity index (χ1) is 10.3. The molecule has 0 spiro atoms. The number of nitrogens with zero attached hydrogens (tertiary/aromatic N) is 1. The molecule has 2 rings (SSSR count). The Kier molecular flexibility index (Phi) is 5.41.